The first-order chi connectivity index (χ1) is 10.1. The molecule has 0 bridgehead atoms. The fourth-order valence-electron chi connectivity index (χ4n) is 2.03. The molecule has 1 amide bonds. The molecule has 1 unspecified atom stereocenters. The number of carbonyl (C=O) groups is 1. The monoisotopic (exact) mass is 321 g/mol. The highest BCUT2D eigenvalue weighted by molar-refractivity contribution is 5.90. The van der Waals surface area contributed by atoms with Crippen molar-refractivity contribution >= 4 is 24.0 Å². The summed E-state index contributed by atoms with van der Waals surface area (Å²) in [5, 5.41) is 2.62. The third kappa shape index (κ3) is 5.02. The lowest BCUT2D eigenvalue weighted by Crippen LogP contribution is -2.28. The summed E-state index contributed by atoms with van der Waals surface area (Å²) in [6.07, 6.45) is 1.89. The Kier molecular flexibility index (Phi) is 6.82. The van der Waals surface area contributed by atoms with Gasteiger partial charge in [-0.1, -0.05) is 30.3 Å². The molecule has 0 saturated heterocycles. The topological polar surface area (TPSA) is 77.1 Å². The fourth-order valence-corrected chi connectivity index (χ4v) is 2.03. The predicted octanol–water partition coefficient (Wildman–Crippen LogP) is 1.99. The first-order valence-corrected chi connectivity index (χ1v) is 6.85. The van der Waals surface area contributed by atoms with Crippen LogP contribution in [0.1, 0.15) is 18.9 Å². The molecule has 6 heteroatoms. The highest BCUT2D eigenvalue weighted by atomic mass is 35.5. The molecule has 0 radical (unpaired) electrons. The summed E-state index contributed by atoms with van der Waals surface area (Å²) in [6.45, 7) is 2.22. The number of pyridine rings is 1. The van der Waals surface area contributed by atoms with Gasteiger partial charge in [-0.2, -0.15) is 0 Å². The Morgan fingerprint density at radius 3 is 2.55 bits per heavy atom. The van der Waals surface area contributed by atoms with E-state index in [9.17, 15) is 9.59 Å². The molecular formula is C16H20ClN3O2. The van der Waals surface area contributed by atoms with E-state index in [2.05, 4.69) is 5.32 Å². The molecule has 0 spiro atoms. The number of halogens is 1. The van der Waals surface area contributed by atoms with Crippen LogP contribution < -0.4 is 16.6 Å². The first kappa shape index (κ1) is 17.9. The second-order valence-corrected chi connectivity index (χ2v) is 5.07. The van der Waals surface area contributed by atoms with Gasteiger partial charge in [0, 0.05) is 18.7 Å². The summed E-state index contributed by atoms with van der Waals surface area (Å²) in [4.78, 5) is 24.0. The fraction of sp³-hybridized carbons (Fsp3) is 0.250. The summed E-state index contributed by atoms with van der Waals surface area (Å²) < 4.78 is 1.57. The summed E-state index contributed by atoms with van der Waals surface area (Å²) >= 11 is 0. The minimum absolute atomic E-state index is 0. The quantitative estimate of drug-likeness (QED) is 0.884. The van der Waals surface area contributed by atoms with Crippen LogP contribution in [-0.4, -0.2) is 16.5 Å². The molecule has 2 rings (SSSR count). The molecule has 118 valence electrons. The summed E-state index contributed by atoms with van der Waals surface area (Å²) in [5.41, 5.74) is 6.65. The van der Waals surface area contributed by atoms with Gasteiger partial charge in [0.25, 0.3) is 5.56 Å². The average molecular weight is 322 g/mol. The average Bonchev–Trinajstić information content (AvgIpc) is 2.43. The van der Waals surface area contributed by atoms with E-state index in [4.69, 9.17) is 5.73 Å². The lowest BCUT2D eigenvalue weighted by molar-refractivity contribution is -0.116. The van der Waals surface area contributed by atoms with Gasteiger partial charge in [-0.15, -0.1) is 12.4 Å². The summed E-state index contributed by atoms with van der Waals surface area (Å²) in [7, 11) is 0. The van der Waals surface area contributed by atoms with Crippen LogP contribution >= 0.6 is 12.4 Å². The number of nitrogens with two attached hydrogens (primary N) is 1. The number of aromatic nitrogens is 1. The number of nitrogens with one attached hydrogen (secondary N) is 1. The van der Waals surface area contributed by atoms with E-state index in [0.29, 0.717) is 6.54 Å². The van der Waals surface area contributed by atoms with E-state index in [1.165, 1.54) is 0 Å². The largest absolute Gasteiger partial charge is 0.327 e. The number of amides is 1. The molecule has 22 heavy (non-hydrogen) atoms. The maximum absolute atomic E-state index is 12.3. The number of hydrogen-bond acceptors (Lipinski definition) is 3. The Bertz CT molecular complexity index is 669. The van der Waals surface area contributed by atoms with Gasteiger partial charge < -0.3 is 15.6 Å². The van der Waals surface area contributed by atoms with Gasteiger partial charge in [0.05, 0.1) is 6.54 Å². The Morgan fingerprint density at radius 1 is 1.23 bits per heavy atom. The van der Waals surface area contributed by atoms with Crippen molar-refractivity contribution < 1.29 is 4.79 Å². The normalized spacial score (nSPS) is 11.4. The van der Waals surface area contributed by atoms with E-state index in [1.807, 2.05) is 30.3 Å². The van der Waals surface area contributed by atoms with E-state index in [1.54, 1.807) is 29.8 Å². The molecule has 0 fully saturated rings. The lowest BCUT2D eigenvalue weighted by Gasteiger charge is -2.10. The van der Waals surface area contributed by atoms with Crippen LogP contribution in [0.15, 0.2) is 53.5 Å². The number of benzene rings is 1. The lowest BCUT2D eigenvalue weighted by atomic mass is 10.2. The third-order valence-electron chi connectivity index (χ3n) is 3.00. The van der Waals surface area contributed by atoms with Gasteiger partial charge in [0.15, 0.2) is 0 Å². The molecular weight excluding hydrogens is 302 g/mol. The van der Waals surface area contributed by atoms with Crippen LogP contribution in [0.5, 0.6) is 0 Å². The van der Waals surface area contributed by atoms with Crippen molar-refractivity contribution in [2.45, 2.75) is 25.9 Å². The van der Waals surface area contributed by atoms with Crippen molar-refractivity contribution in [1.82, 2.24) is 4.57 Å². The number of nitrogens with zero attached hydrogens (tertiary/aromatic N) is 1. The van der Waals surface area contributed by atoms with Crippen LogP contribution in [0.4, 0.5) is 5.69 Å². The molecule has 1 heterocycles. The Labute approximate surface area is 135 Å². The minimum Gasteiger partial charge on any atom is -0.327 e. The molecule has 1 aromatic heterocycles. The van der Waals surface area contributed by atoms with Crippen molar-refractivity contribution in [3.05, 3.63) is 64.6 Å². The van der Waals surface area contributed by atoms with E-state index >= 15 is 0 Å². The Morgan fingerprint density at radius 2 is 1.91 bits per heavy atom. The maximum atomic E-state index is 12.3. The van der Waals surface area contributed by atoms with Gasteiger partial charge in [-0.25, -0.2) is 0 Å². The van der Waals surface area contributed by atoms with Gasteiger partial charge in [0.1, 0.15) is 5.69 Å². The smallest absolute Gasteiger partial charge is 0.274 e. The number of rotatable bonds is 5. The highest BCUT2D eigenvalue weighted by Crippen LogP contribution is 2.04. The van der Waals surface area contributed by atoms with Crippen molar-refractivity contribution in [2.75, 3.05) is 5.32 Å². The highest BCUT2D eigenvalue weighted by Gasteiger charge is 2.09. The van der Waals surface area contributed by atoms with Crippen LogP contribution in [-0.2, 0) is 11.3 Å². The van der Waals surface area contributed by atoms with Gasteiger partial charge in [-0.3, -0.25) is 9.59 Å². The SMILES string of the molecule is CC(N)CC(=O)Nc1cccn(Cc2ccccc2)c1=O.Cl. The van der Waals surface area contributed by atoms with Gasteiger partial charge >= 0.3 is 0 Å². The van der Waals surface area contributed by atoms with Crippen LogP contribution in [0.25, 0.3) is 0 Å². The second kappa shape index (κ2) is 8.36. The van der Waals surface area contributed by atoms with Crippen LogP contribution in [0, 0.1) is 0 Å². The van der Waals surface area contributed by atoms with Crippen molar-refractivity contribution in [1.29, 1.82) is 0 Å². The molecule has 2 aromatic rings. The van der Waals surface area contributed by atoms with Crippen molar-refractivity contribution in [3.8, 4) is 0 Å². The zero-order chi connectivity index (χ0) is 15.2. The number of anilines is 1. The molecule has 0 aliphatic heterocycles. The van der Waals surface area contributed by atoms with Crippen LogP contribution in [0.3, 0.4) is 0 Å². The predicted molar refractivity (Wildman–Crippen MR) is 90.4 cm³/mol. The van der Waals surface area contributed by atoms with E-state index < -0.39 is 0 Å². The number of hydrogen-bond donors (Lipinski definition) is 2. The molecule has 0 aliphatic rings. The molecule has 0 aliphatic carbocycles. The first-order valence-electron chi connectivity index (χ1n) is 6.85. The Hall–Kier alpha value is -2.11. The molecule has 5 nitrogen and oxygen atoms in total. The van der Waals surface area contributed by atoms with Crippen molar-refractivity contribution in [2.24, 2.45) is 5.73 Å². The van der Waals surface area contributed by atoms with Gasteiger partial charge in [0.2, 0.25) is 5.91 Å². The number of carbonyl (C=O) groups excluding carboxylic acids is 1. The molecule has 3 N–H and O–H groups in total. The molecule has 1 atom stereocenters. The third-order valence-corrected chi connectivity index (χ3v) is 3.00. The van der Waals surface area contributed by atoms with E-state index in [-0.39, 0.29) is 42.0 Å². The minimum atomic E-state index is -0.250. The van der Waals surface area contributed by atoms with Crippen molar-refractivity contribution in [3.63, 3.8) is 0 Å². The standard InChI is InChI=1S/C16H19N3O2.ClH/c1-12(17)10-15(20)18-14-8-5-9-19(16(14)21)11-13-6-3-2-4-7-13;/h2-9,12H,10-11,17H2,1H3,(H,18,20);1H. The molecule has 0 saturated carbocycles. The van der Waals surface area contributed by atoms with Gasteiger partial charge in [-0.05, 0) is 24.6 Å². The zero-order valence-corrected chi connectivity index (χ0v) is 13.2. The summed E-state index contributed by atoms with van der Waals surface area (Å²) in [5.74, 6) is -0.250. The second-order valence-electron chi connectivity index (χ2n) is 5.07. The molecule has 1 aromatic carbocycles. The Balaban J connectivity index is 0.00000242. The zero-order valence-electron chi connectivity index (χ0n) is 12.4. The van der Waals surface area contributed by atoms with E-state index in [0.717, 1.165) is 5.56 Å². The maximum Gasteiger partial charge on any atom is 0.274 e. The van der Waals surface area contributed by atoms with Crippen LogP contribution in [0.2, 0.25) is 0 Å². The summed E-state index contributed by atoms with van der Waals surface area (Å²) in [6, 6.07) is 12.8.